The van der Waals surface area contributed by atoms with Gasteiger partial charge in [-0.05, 0) is 18.2 Å². The van der Waals surface area contributed by atoms with Crippen LogP contribution in [0.5, 0.6) is 0 Å². The molecule has 0 bridgehead atoms. The van der Waals surface area contributed by atoms with Crippen molar-refractivity contribution in [1.82, 2.24) is 0 Å². The van der Waals surface area contributed by atoms with Crippen LogP contribution in [0, 0.1) is 23.2 Å². The third-order valence-corrected chi connectivity index (χ3v) is 3.20. The lowest BCUT2D eigenvalue weighted by Crippen LogP contribution is -2.15. The highest BCUT2D eigenvalue weighted by atomic mass is 35.5. The summed E-state index contributed by atoms with van der Waals surface area (Å²) in [6.45, 7) is 0.181. The second kappa shape index (κ2) is 6.27. The number of nitriles is 1. The van der Waals surface area contributed by atoms with Crippen molar-refractivity contribution in [2.24, 2.45) is 5.73 Å². The second-order valence-corrected chi connectivity index (χ2v) is 5.35. The maximum absolute atomic E-state index is 11.4. The molecule has 1 aromatic rings. The van der Waals surface area contributed by atoms with Crippen LogP contribution in [-0.4, -0.2) is 20.7 Å². The summed E-state index contributed by atoms with van der Waals surface area (Å²) in [7, 11) is -3.66. The van der Waals surface area contributed by atoms with Crippen molar-refractivity contribution in [3.63, 3.8) is 0 Å². The molecule has 0 unspecified atom stereocenters. The van der Waals surface area contributed by atoms with Crippen LogP contribution in [0.25, 0.3) is 0 Å². The van der Waals surface area contributed by atoms with Crippen molar-refractivity contribution in [1.29, 1.82) is 5.26 Å². The summed E-state index contributed by atoms with van der Waals surface area (Å²) in [5.74, 6) is 4.74. The largest absolute Gasteiger partial charge is 0.320 e. The minimum absolute atomic E-state index is 0.181. The van der Waals surface area contributed by atoms with Gasteiger partial charge in [0.25, 0.3) is 0 Å². The summed E-state index contributed by atoms with van der Waals surface area (Å²) >= 11 is 5.89. The third kappa shape index (κ3) is 4.27. The van der Waals surface area contributed by atoms with Gasteiger partial charge >= 0.3 is 0 Å². The molecule has 0 radical (unpaired) electrons. The molecule has 1 rings (SSSR count). The van der Waals surface area contributed by atoms with Crippen LogP contribution in [0.1, 0.15) is 5.56 Å². The molecule has 0 aliphatic carbocycles. The molecule has 0 aliphatic heterocycles. The lowest BCUT2D eigenvalue weighted by Gasteiger charge is -2.06. The molecular weight excluding hydrogens is 274 g/mol. The van der Waals surface area contributed by atoms with E-state index in [1.165, 1.54) is 18.2 Å². The van der Waals surface area contributed by atoms with Crippen LogP contribution in [0.4, 0.5) is 5.69 Å². The Hall–Kier alpha value is -1.73. The molecule has 0 atom stereocenters. The summed E-state index contributed by atoms with van der Waals surface area (Å²) in [6.07, 6.45) is 0. The first-order valence-electron chi connectivity index (χ1n) is 4.84. The Morgan fingerprint density at radius 1 is 1.44 bits per heavy atom. The first-order valence-corrected chi connectivity index (χ1v) is 6.87. The Kier molecular flexibility index (Phi) is 4.99. The molecule has 18 heavy (non-hydrogen) atoms. The van der Waals surface area contributed by atoms with Gasteiger partial charge in [-0.2, -0.15) is 5.26 Å². The minimum atomic E-state index is -3.66. The molecule has 1 aromatic carbocycles. The van der Waals surface area contributed by atoms with Gasteiger partial charge < -0.3 is 5.73 Å². The van der Waals surface area contributed by atoms with Crippen molar-refractivity contribution in [3.05, 3.63) is 28.8 Å². The SMILES string of the molecule is N#CCS(=O)(=O)Nc1ccc(Cl)c(C#CCN)c1. The standard InChI is InChI=1S/C11H10ClN3O2S/c12-11-4-3-10(8-9(11)2-1-5-13)15-18(16,17)7-6-14/h3-4,8,15H,5,7,13H2. The quantitative estimate of drug-likeness (QED) is 0.806. The molecule has 0 aliphatic rings. The van der Waals surface area contributed by atoms with Crippen molar-refractivity contribution in [2.75, 3.05) is 17.0 Å². The van der Waals surface area contributed by atoms with E-state index in [2.05, 4.69) is 16.6 Å². The van der Waals surface area contributed by atoms with Crippen molar-refractivity contribution in [2.45, 2.75) is 0 Å². The molecule has 94 valence electrons. The van der Waals surface area contributed by atoms with Gasteiger partial charge in [-0.15, -0.1) is 0 Å². The lowest BCUT2D eigenvalue weighted by molar-refractivity contribution is 0.604. The Bertz CT molecular complexity index is 638. The molecule has 0 heterocycles. The normalized spacial score (nSPS) is 10.1. The van der Waals surface area contributed by atoms with Crippen LogP contribution in [0.3, 0.4) is 0 Å². The molecule has 0 aromatic heterocycles. The average Bonchev–Trinajstić information content (AvgIpc) is 2.29. The predicted molar refractivity (Wildman–Crippen MR) is 70.4 cm³/mol. The van der Waals surface area contributed by atoms with E-state index in [0.717, 1.165) is 0 Å². The fraction of sp³-hybridized carbons (Fsp3) is 0.182. The highest BCUT2D eigenvalue weighted by Gasteiger charge is 2.10. The van der Waals surface area contributed by atoms with Gasteiger partial charge in [0, 0.05) is 11.3 Å². The molecule has 0 saturated heterocycles. The maximum atomic E-state index is 11.4. The summed E-state index contributed by atoms with van der Waals surface area (Å²) in [5.41, 5.74) is 6.01. The zero-order valence-electron chi connectivity index (χ0n) is 9.27. The van der Waals surface area contributed by atoms with E-state index < -0.39 is 15.8 Å². The van der Waals surface area contributed by atoms with Gasteiger partial charge in [0.05, 0.1) is 17.6 Å². The first kappa shape index (κ1) is 14.3. The number of sulfonamides is 1. The predicted octanol–water partition coefficient (Wildman–Crippen LogP) is 0.915. The zero-order chi connectivity index (χ0) is 13.6. The van der Waals surface area contributed by atoms with E-state index in [1.807, 2.05) is 0 Å². The maximum Gasteiger partial charge on any atom is 0.246 e. The molecule has 0 amide bonds. The summed E-state index contributed by atoms with van der Waals surface area (Å²) in [6, 6.07) is 6.06. The van der Waals surface area contributed by atoms with Crippen molar-refractivity contribution < 1.29 is 8.42 Å². The molecule has 3 N–H and O–H groups in total. The minimum Gasteiger partial charge on any atom is -0.320 e. The second-order valence-electron chi connectivity index (χ2n) is 3.22. The van der Waals surface area contributed by atoms with Gasteiger partial charge in [0.1, 0.15) is 0 Å². The number of nitrogens with zero attached hydrogens (tertiary/aromatic N) is 1. The van der Waals surface area contributed by atoms with Crippen LogP contribution < -0.4 is 10.5 Å². The van der Waals surface area contributed by atoms with Gasteiger partial charge in [-0.1, -0.05) is 23.4 Å². The average molecular weight is 284 g/mol. The van der Waals surface area contributed by atoms with Gasteiger partial charge in [-0.25, -0.2) is 8.42 Å². The van der Waals surface area contributed by atoms with E-state index in [9.17, 15) is 8.42 Å². The number of halogens is 1. The molecule has 5 nitrogen and oxygen atoms in total. The van der Waals surface area contributed by atoms with Crippen LogP contribution in [0.15, 0.2) is 18.2 Å². The number of nitrogens with two attached hydrogens (primary N) is 1. The number of nitrogens with one attached hydrogen (secondary N) is 1. The van der Waals surface area contributed by atoms with Crippen molar-refractivity contribution in [3.8, 4) is 17.9 Å². The number of hydrogen-bond acceptors (Lipinski definition) is 4. The Morgan fingerprint density at radius 3 is 2.78 bits per heavy atom. The summed E-state index contributed by atoms with van der Waals surface area (Å²) in [4.78, 5) is 0. The van der Waals surface area contributed by atoms with Gasteiger partial charge in [0.2, 0.25) is 10.0 Å². The van der Waals surface area contributed by atoms with Crippen LogP contribution >= 0.6 is 11.6 Å². The van der Waals surface area contributed by atoms with E-state index in [-0.39, 0.29) is 6.54 Å². The molecular formula is C11H10ClN3O2S. The molecule has 0 fully saturated rings. The molecule has 0 spiro atoms. The summed E-state index contributed by atoms with van der Waals surface area (Å²) < 4.78 is 25.0. The van der Waals surface area contributed by atoms with E-state index in [0.29, 0.717) is 16.3 Å². The van der Waals surface area contributed by atoms with Crippen molar-refractivity contribution >= 4 is 27.3 Å². The van der Waals surface area contributed by atoms with Gasteiger partial charge in [0.15, 0.2) is 5.75 Å². The summed E-state index contributed by atoms with van der Waals surface area (Å²) in [5, 5.41) is 8.77. The van der Waals surface area contributed by atoms with Crippen LogP contribution in [-0.2, 0) is 10.0 Å². The molecule has 7 heteroatoms. The zero-order valence-corrected chi connectivity index (χ0v) is 10.8. The smallest absolute Gasteiger partial charge is 0.246 e. The molecule has 0 saturated carbocycles. The van der Waals surface area contributed by atoms with Crippen LogP contribution in [0.2, 0.25) is 5.02 Å². The number of hydrogen-bond donors (Lipinski definition) is 2. The number of anilines is 1. The first-order chi connectivity index (χ1) is 8.48. The van der Waals surface area contributed by atoms with E-state index in [1.54, 1.807) is 6.07 Å². The fourth-order valence-electron chi connectivity index (χ4n) is 1.13. The van der Waals surface area contributed by atoms with E-state index >= 15 is 0 Å². The lowest BCUT2D eigenvalue weighted by atomic mass is 10.2. The highest BCUT2D eigenvalue weighted by molar-refractivity contribution is 7.92. The van der Waals surface area contributed by atoms with Gasteiger partial charge in [-0.3, -0.25) is 4.72 Å². The monoisotopic (exact) mass is 283 g/mol. The Morgan fingerprint density at radius 2 is 2.17 bits per heavy atom. The highest BCUT2D eigenvalue weighted by Crippen LogP contribution is 2.20. The fourth-order valence-corrected chi connectivity index (χ4v) is 2.02. The Balaban J connectivity index is 3.03. The number of rotatable bonds is 3. The topological polar surface area (TPSA) is 96.0 Å². The van der Waals surface area contributed by atoms with E-state index in [4.69, 9.17) is 22.6 Å². The third-order valence-electron chi connectivity index (χ3n) is 1.82. The number of benzene rings is 1. The Labute approximate surface area is 111 Å².